The minimum Gasteiger partial charge on any atom is -0.406 e. The first-order valence-corrected chi connectivity index (χ1v) is 10.6. The number of methoxy groups -OCH3 is 1. The van der Waals surface area contributed by atoms with E-state index in [0.29, 0.717) is 24.5 Å². The second kappa shape index (κ2) is 10.5. The monoisotopic (exact) mass is 489 g/mol. The Kier molecular flexibility index (Phi) is 7.25. The number of anilines is 1. The molecule has 1 N–H and O–H groups in total. The third kappa shape index (κ3) is 6.53. The van der Waals surface area contributed by atoms with Crippen molar-refractivity contribution < 1.29 is 27.2 Å². The fourth-order valence-corrected chi connectivity index (χ4v) is 3.17. The normalized spacial score (nSPS) is 11.6. The Balaban J connectivity index is 1.44. The molecule has 0 radical (unpaired) electrons. The molecule has 0 spiro atoms. The molecule has 10 nitrogen and oxygen atoms in total. The van der Waals surface area contributed by atoms with Crippen molar-refractivity contribution in [3.63, 3.8) is 0 Å². The van der Waals surface area contributed by atoms with Crippen LogP contribution in [0, 0.1) is 6.92 Å². The lowest BCUT2D eigenvalue weighted by molar-refractivity contribution is -0.274. The van der Waals surface area contributed by atoms with E-state index < -0.39 is 6.36 Å². The van der Waals surface area contributed by atoms with Crippen LogP contribution >= 0.6 is 0 Å². The molecule has 4 rings (SSSR count). The average molecular weight is 489 g/mol. The molecule has 4 aromatic rings. The number of nitrogens with zero attached hydrogens (tertiary/aromatic N) is 6. The predicted octanol–water partition coefficient (Wildman–Crippen LogP) is 4.09. The zero-order valence-corrected chi connectivity index (χ0v) is 18.9. The van der Waals surface area contributed by atoms with Gasteiger partial charge in [0.25, 0.3) is 5.89 Å². The average Bonchev–Trinajstić information content (AvgIpc) is 3.44. The molecule has 13 heteroatoms. The fraction of sp³-hybridized carbons (Fsp3) is 0.318. The van der Waals surface area contributed by atoms with Gasteiger partial charge in [-0.15, -0.1) is 18.3 Å². The minimum atomic E-state index is -4.76. The zero-order valence-electron chi connectivity index (χ0n) is 18.9. The lowest BCUT2D eigenvalue weighted by Gasteiger charge is -2.08. The first-order valence-electron chi connectivity index (χ1n) is 10.6. The fourth-order valence-electron chi connectivity index (χ4n) is 3.17. The van der Waals surface area contributed by atoms with Gasteiger partial charge in [-0.3, -0.25) is 0 Å². The maximum absolute atomic E-state index is 12.3. The highest BCUT2D eigenvalue weighted by Gasteiger charge is 2.31. The first-order chi connectivity index (χ1) is 16.8. The largest absolute Gasteiger partial charge is 0.573 e. The Morgan fingerprint density at radius 3 is 2.63 bits per heavy atom. The van der Waals surface area contributed by atoms with E-state index in [9.17, 15) is 13.2 Å². The van der Waals surface area contributed by atoms with Gasteiger partial charge in [0.1, 0.15) is 17.4 Å². The molecule has 0 aliphatic heterocycles. The standard InChI is InChI=1S/C22H22F3N7O3/c1-14-28-20(30-32(14)13-15-8-10-27-18(12-15)26-9-3-11-33-2)21-29-19(31-35-21)16-4-6-17(7-5-16)34-22(23,24)25/h4-8,10,12H,3,9,11,13H2,1-2H3,(H,26,27). The van der Waals surface area contributed by atoms with Gasteiger partial charge in [0.05, 0.1) is 6.54 Å². The summed E-state index contributed by atoms with van der Waals surface area (Å²) in [6.45, 7) is 3.67. The van der Waals surface area contributed by atoms with Gasteiger partial charge in [-0.2, -0.15) is 4.98 Å². The van der Waals surface area contributed by atoms with Crippen molar-refractivity contribution in [2.24, 2.45) is 0 Å². The van der Waals surface area contributed by atoms with E-state index in [1.54, 1.807) is 24.9 Å². The van der Waals surface area contributed by atoms with E-state index in [2.05, 4.69) is 35.3 Å². The molecule has 0 amide bonds. The Labute approximate surface area is 198 Å². The van der Waals surface area contributed by atoms with Crippen molar-refractivity contribution in [2.45, 2.75) is 26.3 Å². The smallest absolute Gasteiger partial charge is 0.406 e. The van der Waals surface area contributed by atoms with Gasteiger partial charge in [0.15, 0.2) is 0 Å². The predicted molar refractivity (Wildman–Crippen MR) is 118 cm³/mol. The number of rotatable bonds is 10. The number of hydrogen-bond donors (Lipinski definition) is 1. The van der Waals surface area contributed by atoms with Crippen LogP contribution in [-0.2, 0) is 11.3 Å². The molecule has 0 saturated carbocycles. The molecule has 0 unspecified atom stereocenters. The second-order valence-electron chi connectivity index (χ2n) is 7.46. The maximum Gasteiger partial charge on any atom is 0.573 e. The molecule has 0 aliphatic rings. The number of nitrogens with one attached hydrogen (secondary N) is 1. The van der Waals surface area contributed by atoms with Gasteiger partial charge >= 0.3 is 6.36 Å². The number of pyridine rings is 1. The Bertz CT molecular complexity index is 1260. The number of benzene rings is 1. The van der Waals surface area contributed by atoms with Crippen LogP contribution in [0.4, 0.5) is 19.0 Å². The number of aromatic nitrogens is 6. The molecule has 1 aromatic carbocycles. The Hall–Kier alpha value is -4.00. The molecule has 184 valence electrons. The Morgan fingerprint density at radius 1 is 1.09 bits per heavy atom. The highest BCUT2D eigenvalue weighted by Crippen LogP contribution is 2.26. The highest BCUT2D eigenvalue weighted by atomic mass is 19.4. The van der Waals surface area contributed by atoms with Crippen LogP contribution in [0.2, 0.25) is 0 Å². The lowest BCUT2D eigenvalue weighted by atomic mass is 10.2. The number of hydrogen-bond acceptors (Lipinski definition) is 9. The summed E-state index contributed by atoms with van der Waals surface area (Å²) in [4.78, 5) is 13.0. The second-order valence-corrected chi connectivity index (χ2v) is 7.46. The third-order valence-electron chi connectivity index (χ3n) is 4.81. The van der Waals surface area contributed by atoms with Crippen LogP contribution in [0.25, 0.3) is 23.1 Å². The van der Waals surface area contributed by atoms with E-state index in [0.717, 1.165) is 24.3 Å². The van der Waals surface area contributed by atoms with E-state index in [4.69, 9.17) is 9.26 Å². The molecule has 0 aliphatic carbocycles. The molecule has 0 atom stereocenters. The van der Waals surface area contributed by atoms with E-state index in [1.807, 2.05) is 12.1 Å². The lowest BCUT2D eigenvalue weighted by Crippen LogP contribution is -2.16. The topological polar surface area (TPSA) is 113 Å². The van der Waals surface area contributed by atoms with Crippen molar-refractivity contribution in [1.29, 1.82) is 0 Å². The van der Waals surface area contributed by atoms with Gasteiger partial charge in [0, 0.05) is 32.0 Å². The van der Waals surface area contributed by atoms with Crippen LogP contribution in [0.3, 0.4) is 0 Å². The van der Waals surface area contributed by atoms with Crippen molar-refractivity contribution >= 4 is 5.82 Å². The van der Waals surface area contributed by atoms with Crippen molar-refractivity contribution in [1.82, 2.24) is 29.9 Å². The Morgan fingerprint density at radius 2 is 1.89 bits per heavy atom. The molecule has 3 aromatic heterocycles. The van der Waals surface area contributed by atoms with Crippen LogP contribution < -0.4 is 10.1 Å². The molecule has 0 fully saturated rings. The molecule has 35 heavy (non-hydrogen) atoms. The third-order valence-corrected chi connectivity index (χ3v) is 4.81. The minimum absolute atomic E-state index is 0.0905. The first kappa shape index (κ1) is 24.1. The molecular weight excluding hydrogens is 467 g/mol. The van der Waals surface area contributed by atoms with E-state index in [1.165, 1.54) is 24.3 Å². The number of aryl methyl sites for hydroxylation is 1. The zero-order chi connectivity index (χ0) is 24.8. The van der Waals surface area contributed by atoms with Crippen molar-refractivity contribution in [3.8, 4) is 28.9 Å². The summed E-state index contributed by atoms with van der Waals surface area (Å²) in [5.74, 6) is 1.57. The van der Waals surface area contributed by atoms with Gasteiger partial charge in [-0.25, -0.2) is 14.6 Å². The SMILES string of the molecule is COCCCNc1cc(Cn2nc(-c3nc(-c4ccc(OC(F)(F)F)cc4)no3)nc2C)ccn1. The quantitative estimate of drug-likeness (QED) is 0.329. The summed E-state index contributed by atoms with van der Waals surface area (Å²) in [7, 11) is 1.66. The molecular formula is C22H22F3N7O3. The number of alkyl halides is 3. The number of ether oxygens (including phenoxy) is 2. The van der Waals surface area contributed by atoms with Crippen LogP contribution in [0.15, 0.2) is 47.1 Å². The summed E-state index contributed by atoms with van der Waals surface area (Å²) in [5, 5.41) is 11.6. The van der Waals surface area contributed by atoms with Crippen LogP contribution in [-0.4, -0.2) is 56.5 Å². The van der Waals surface area contributed by atoms with Crippen LogP contribution in [0.5, 0.6) is 5.75 Å². The van der Waals surface area contributed by atoms with Crippen LogP contribution in [0.1, 0.15) is 17.8 Å². The van der Waals surface area contributed by atoms with E-state index in [-0.39, 0.29) is 23.3 Å². The van der Waals surface area contributed by atoms with Gasteiger partial charge < -0.3 is 19.3 Å². The summed E-state index contributed by atoms with van der Waals surface area (Å²) < 4.78 is 52.9. The van der Waals surface area contributed by atoms with Gasteiger partial charge in [-0.1, -0.05) is 5.16 Å². The summed E-state index contributed by atoms with van der Waals surface area (Å²) in [6, 6.07) is 8.97. The van der Waals surface area contributed by atoms with Crippen molar-refractivity contribution in [3.05, 3.63) is 54.0 Å². The molecule has 0 bridgehead atoms. The summed E-state index contributed by atoms with van der Waals surface area (Å²) >= 11 is 0. The molecule has 3 heterocycles. The van der Waals surface area contributed by atoms with Crippen molar-refractivity contribution in [2.75, 3.05) is 25.6 Å². The maximum atomic E-state index is 12.3. The van der Waals surface area contributed by atoms with Gasteiger partial charge in [-0.05, 0) is 55.3 Å². The van der Waals surface area contributed by atoms with Gasteiger partial charge in [0.2, 0.25) is 11.6 Å². The number of halogens is 3. The molecule has 0 saturated heterocycles. The highest BCUT2D eigenvalue weighted by molar-refractivity contribution is 5.57. The summed E-state index contributed by atoms with van der Waals surface area (Å²) in [5.41, 5.74) is 1.43. The summed E-state index contributed by atoms with van der Waals surface area (Å²) in [6.07, 6.45) is -2.18. The van der Waals surface area contributed by atoms with E-state index >= 15 is 0 Å².